The van der Waals surface area contributed by atoms with Crippen LogP contribution in [0.2, 0.25) is 5.02 Å². The van der Waals surface area contributed by atoms with E-state index >= 15 is 0 Å². The molecule has 1 aromatic rings. The third-order valence-electron chi connectivity index (χ3n) is 4.58. The zero-order valence-corrected chi connectivity index (χ0v) is 10.7. The Labute approximate surface area is 106 Å². The summed E-state index contributed by atoms with van der Waals surface area (Å²) < 4.78 is 0. The van der Waals surface area contributed by atoms with E-state index in [1.54, 1.807) is 0 Å². The molecular formula is C14H15ClN2. The molecule has 1 aromatic carbocycles. The van der Waals surface area contributed by atoms with Gasteiger partial charge in [0.1, 0.15) is 5.84 Å². The summed E-state index contributed by atoms with van der Waals surface area (Å²) in [6.07, 6.45) is 4.00. The predicted molar refractivity (Wildman–Crippen MR) is 70.0 cm³/mol. The largest absolute Gasteiger partial charge is 0.352 e. The van der Waals surface area contributed by atoms with Crippen LogP contribution in [-0.2, 0) is 6.54 Å². The van der Waals surface area contributed by atoms with E-state index in [1.807, 2.05) is 6.07 Å². The van der Waals surface area contributed by atoms with Gasteiger partial charge in [0, 0.05) is 29.1 Å². The van der Waals surface area contributed by atoms with Gasteiger partial charge >= 0.3 is 0 Å². The third kappa shape index (κ3) is 1.25. The molecule has 2 heterocycles. The molecule has 88 valence electrons. The van der Waals surface area contributed by atoms with Crippen molar-refractivity contribution < 1.29 is 0 Å². The number of fused-ring (bicyclic) bond motifs is 6. The topological polar surface area (TPSA) is 15.6 Å². The van der Waals surface area contributed by atoms with Crippen molar-refractivity contribution in [3.8, 4) is 0 Å². The normalized spacial score (nSPS) is 29.1. The van der Waals surface area contributed by atoms with Gasteiger partial charge in [0.2, 0.25) is 0 Å². The summed E-state index contributed by atoms with van der Waals surface area (Å²) in [5.74, 6) is 2.07. The van der Waals surface area contributed by atoms with E-state index < -0.39 is 0 Å². The number of benzene rings is 1. The van der Waals surface area contributed by atoms with Crippen molar-refractivity contribution in [3.63, 3.8) is 0 Å². The van der Waals surface area contributed by atoms with Crippen LogP contribution in [0.1, 0.15) is 30.4 Å². The lowest BCUT2D eigenvalue weighted by Crippen LogP contribution is -2.38. The van der Waals surface area contributed by atoms with E-state index in [1.165, 1.54) is 36.2 Å². The molecular weight excluding hydrogens is 232 g/mol. The van der Waals surface area contributed by atoms with Gasteiger partial charge in [0.25, 0.3) is 0 Å². The quantitative estimate of drug-likeness (QED) is 0.682. The van der Waals surface area contributed by atoms with Crippen LogP contribution in [0, 0.1) is 12.8 Å². The average Bonchev–Trinajstić information content (AvgIpc) is 2.94. The Balaban J connectivity index is 1.87. The molecule has 3 heteroatoms. The number of halogens is 1. The van der Waals surface area contributed by atoms with Gasteiger partial charge in [-0.1, -0.05) is 11.6 Å². The number of aliphatic imine (C=N–C) groups is 1. The minimum atomic E-state index is 0.726. The molecule has 0 aromatic heterocycles. The molecule has 0 N–H and O–H groups in total. The second kappa shape index (κ2) is 3.26. The Morgan fingerprint density at radius 3 is 3.12 bits per heavy atom. The zero-order valence-electron chi connectivity index (χ0n) is 9.91. The first-order valence-electron chi connectivity index (χ1n) is 6.37. The Hall–Kier alpha value is -1.02. The molecule has 0 spiro atoms. The highest BCUT2D eigenvalue weighted by Crippen LogP contribution is 2.45. The van der Waals surface area contributed by atoms with E-state index in [2.05, 4.69) is 17.9 Å². The Morgan fingerprint density at radius 1 is 1.35 bits per heavy atom. The summed E-state index contributed by atoms with van der Waals surface area (Å²) in [5, 5.41) is 0.867. The van der Waals surface area contributed by atoms with Crippen LogP contribution in [0.5, 0.6) is 0 Å². The van der Waals surface area contributed by atoms with Gasteiger partial charge in [0.05, 0.1) is 5.69 Å². The number of amidine groups is 1. The Kier molecular flexibility index (Phi) is 1.91. The fourth-order valence-corrected chi connectivity index (χ4v) is 3.75. The van der Waals surface area contributed by atoms with Crippen LogP contribution in [0.25, 0.3) is 0 Å². The minimum absolute atomic E-state index is 0.726. The lowest BCUT2D eigenvalue weighted by molar-refractivity contribution is 0.316. The maximum Gasteiger partial charge on any atom is 0.109 e. The second-order valence-corrected chi connectivity index (χ2v) is 5.84. The van der Waals surface area contributed by atoms with Gasteiger partial charge in [-0.2, -0.15) is 0 Å². The molecule has 17 heavy (non-hydrogen) atoms. The van der Waals surface area contributed by atoms with Crippen molar-refractivity contribution in [2.75, 3.05) is 0 Å². The molecule has 2 nitrogen and oxygen atoms in total. The van der Waals surface area contributed by atoms with E-state index in [0.29, 0.717) is 0 Å². The second-order valence-electron chi connectivity index (χ2n) is 5.43. The van der Waals surface area contributed by atoms with Crippen molar-refractivity contribution >= 4 is 23.1 Å². The molecule has 1 aliphatic carbocycles. The van der Waals surface area contributed by atoms with Gasteiger partial charge in [-0.15, -0.1) is 0 Å². The summed E-state index contributed by atoms with van der Waals surface area (Å²) in [7, 11) is 0. The summed E-state index contributed by atoms with van der Waals surface area (Å²) in [6.45, 7) is 3.12. The van der Waals surface area contributed by atoms with Crippen LogP contribution in [0.15, 0.2) is 17.1 Å². The van der Waals surface area contributed by atoms with Gasteiger partial charge in [0.15, 0.2) is 0 Å². The highest BCUT2D eigenvalue weighted by atomic mass is 35.5. The molecule has 2 bridgehead atoms. The first-order chi connectivity index (χ1) is 8.24. The molecule has 2 fully saturated rings. The fourth-order valence-electron chi connectivity index (χ4n) is 3.57. The van der Waals surface area contributed by atoms with Gasteiger partial charge in [-0.05, 0) is 43.9 Å². The SMILES string of the molecule is Cc1c(Cl)ccc2c1CN1C(=N2)C2CCC1C2. The summed E-state index contributed by atoms with van der Waals surface area (Å²) in [6, 6.07) is 4.79. The summed E-state index contributed by atoms with van der Waals surface area (Å²) in [5.41, 5.74) is 3.68. The van der Waals surface area contributed by atoms with E-state index in [9.17, 15) is 0 Å². The fraction of sp³-hybridized carbons (Fsp3) is 0.500. The van der Waals surface area contributed by atoms with Crippen molar-refractivity contribution in [2.24, 2.45) is 10.9 Å². The van der Waals surface area contributed by atoms with Crippen LogP contribution in [-0.4, -0.2) is 16.8 Å². The van der Waals surface area contributed by atoms with Crippen LogP contribution >= 0.6 is 11.6 Å². The van der Waals surface area contributed by atoms with Gasteiger partial charge in [-0.3, -0.25) is 0 Å². The third-order valence-corrected chi connectivity index (χ3v) is 4.99. The monoisotopic (exact) mass is 246 g/mol. The predicted octanol–water partition coefficient (Wildman–Crippen LogP) is 3.68. The minimum Gasteiger partial charge on any atom is -0.352 e. The van der Waals surface area contributed by atoms with Gasteiger partial charge < -0.3 is 4.90 Å². The first kappa shape index (κ1) is 9.95. The molecule has 0 amide bonds. The Morgan fingerprint density at radius 2 is 2.24 bits per heavy atom. The lowest BCUT2D eigenvalue weighted by atomic mass is 10.0. The smallest absolute Gasteiger partial charge is 0.109 e. The van der Waals surface area contributed by atoms with Crippen molar-refractivity contribution in [1.29, 1.82) is 0 Å². The first-order valence-corrected chi connectivity index (χ1v) is 6.75. The molecule has 1 saturated carbocycles. The maximum atomic E-state index is 6.20. The number of hydrogen-bond donors (Lipinski definition) is 0. The van der Waals surface area contributed by atoms with Crippen molar-refractivity contribution in [1.82, 2.24) is 4.90 Å². The molecule has 2 aliphatic heterocycles. The summed E-state index contributed by atoms with van der Waals surface area (Å²) >= 11 is 6.20. The molecule has 3 aliphatic rings. The zero-order chi connectivity index (χ0) is 11.6. The lowest BCUT2D eigenvalue weighted by Gasteiger charge is -2.34. The van der Waals surface area contributed by atoms with Crippen molar-refractivity contribution in [2.45, 2.75) is 38.8 Å². The maximum absolute atomic E-state index is 6.20. The van der Waals surface area contributed by atoms with Crippen molar-refractivity contribution in [3.05, 3.63) is 28.3 Å². The number of rotatable bonds is 0. The molecule has 2 unspecified atom stereocenters. The Bertz CT molecular complexity index is 535. The molecule has 2 atom stereocenters. The standard InChI is InChI=1S/C14H15ClN2/c1-8-11-7-17-10-3-2-9(6-10)14(17)16-13(11)5-4-12(8)15/h4-5,9-10H,2-3,6-7H2,1H3. The highest BCUT2D eigenvalue weighted by molar-refractivity contribution is 6.31. The van der Waals surface area contributed by atoms with Gasteiger partial charge in [-0.25, -0.2) is 4.99 Å². The van der Waals surface area contributed by atoms with Crippen LogP contribution in [0.3, 0.4) is 0 Å². The van der Waals surface area contributed by atoms with Crippen LogP contribution < -0.4 is 0 Å². The van der Waals surface area contributed by atoms with Crippen LogP contribution in [0.4, 0.5) is 5.69 Å². The molecule has 0 radical (unpaired) electrons. The van der Waals surface area contributed by atoms with E-state index in [4.69, 9.17) is 16.6 Å². The molecule has 1 saturated heterocycles. The number of nitrogens with zero attached hydrogens (tertiary/aromatic N) is 2. The average molecular weight is 247 g/mol. The number of hydrogen-bond acceptors (Lipinski definition) is 2. The van der Waals surface area contributed by atoms with E-state index in [-0.39, 0.29) is 0 Å². The van der Waals surface area contributed by atoms with E-state index in [0.717, 1.165) is 29.2 Å². The highest BCUT2D eigenvalue weighted by Gasteiger charge is 2.44. The molecule has 4 rings (SSSR count). The summed E-state index contributed by atoms with van der Waals surface area (Å²) in [4.78, 5) is 7.39. The number of piperidine rings is 1.